The van der Waals surface area contributed by atoms with Crippen molar-refractivity contribution in [1.29, 1.82) is 0 Å². The Balaban J connectivity index is 1.26. The number of carbonyl (C=O) groups excluding carboxylic acids is 2. The molecular weight excluding hydrogens is 496 g/mol. The Bertz CT molecular complexity index is 1660. The van der Waals surface area contributed by atoms with Crippen LogP contribution in [0.5, 0.6) is 0 Å². The van der Waals surface area contributed by atoms with Gasteiger partial charge in [0.15, 0.2) is 5.78 Å². The number of ketones is 1. The largest absolute Gasteiger partial charge is 0.370 e. The number of aromatic nitrogens is 2. The highest BCUT2D eigenvalue weighted by Crippen LogP contribution is 2.33. The molecule has 0 fully saturated rings. The summed E-state index contributed by atoms with van der Waals surface area (Å²) in [5.74, 6) is -0.417. The summed E-state index contributed by atoms with van der Waals surface area (Å²) in [6, 6.07) is 27.4. The summed E-state index contributed by atoms with van der Waals surface area (Å²) in [7, 11) is 0. The summed E-state index contributed by atoms with van der Waals surface area (Å²) in [4.78, 5) is 31.0. The third-order valence-electron chi connectivity index (χ3n) is 6.74. The zero-order chi connectivity index (χ0) is 26.1. The molecule has 0 radical (unpaired) electrons. The van der Waals surface area contributed by atoms with Crippen LogP contribution in [0.2, 0.25) is 5.02 Å². The minimum absolute atomic E-state index is 0.146. The molecule has 1 unspecified atom stereocenters. The van der Waals surface area contributed by atoms with Crippen LogP contribution < -0.4 is 10.6 Å². The molecule has 2 aromatic heterocycles. The maximum absolute atomic E-state index is 13.7. The van der Waals surface area contributed by atoms with Crippen LogP contribution in [0.1, 0.15) is 38.0 Å². The molecule has 3 heterocycles. The number of nitrogens with zero attached hydrogens (tertiary/aromatic N) is 2. The average Bonchev–Trinajstić information content (AvgIpc) is 3.34. The number of benzene rings is 3. The smallest absolute Gasteiger partial charge is 0.256 e. The lowest BCUT2D eigenvalue weighted by Crippen LogP contribution is -2.22. The molecule has 1 aliphatic rings. The molecule has 38 heavy (non-hydrogen) atoms. The van der Waals surface area contributed by atoms with Gasteiger partial charge in [-0.2, -0.15) is 0 Å². The molecule has 1 atom stereocenters. The third-order valence-corrected chi connectivity index (χ3v) is 7.05. The molecule has 1 aliphatic heterocycles. The molecule has 5 aromatic rings. The van der Waals surface area contributed by atoms with Crippen molar-refractivity contribution in [2.75, 3.05) is 10.6 Å². The van der Waals surface area contributed by atoms with Gasteiger partial charge in [-0.1, -0.05) is 48.0 Å². The van der Waals surface area contributed by atoms with Gasteiger partial charge in [0.25, 0.3) is 5.91 Å². The van der Waals surface area contributed by atoms with Gasteiger partial charge in [-0.25, -0.2) is 0 Å². The fourth-order valence-corrected chi connectivity index (χ4v) is 5.13. The molecule has 0 saturated heterocycles. The van der Waals surface area contributed by atoms with Crippen molar-refractivity contribution in [2.45, 2.75) is 12.6 Å². The number of fused-ring (bicyclic) bond motifs is 2. The van der Waals surface area contributed by atoms with E-state index in [0.717, 1.165) is 28.1 Å². The number of halogens is 1. The van der Waals surface area contributed by atoms with E-state index in [1.54, 1.807) is 36.7 Å². The van der Waals surface area contributed by atoms with Crippen LogP contribution in [-0.4, -0.2) is 21.2 Å². The van der Waals surface area contributed by atoms with Gasteiger partial charge in [-0.3, -0.25) is 14.6 Å². The van der Waals surface area contributed by atoms with Gasteiger partial charge in [0.05, 0.1) is 5.02 Å². The minimum Gasteiger partial charge on any atom is -0.370 e. The first kappa shape index (κ1) is 23.7. The number of amides is 1. The second-order valence-corrected chi connectivity index (χ2v) is 9.50. The number of nitrogens with one attached hydrogen (secondary N) is 2. The summed E-state index contributed by atoms with van der Waals surface area (Å²) < 4.78 is 2.07. The van der Waals surface area contributed by atoms with Crippen molar-refractivity contribution in [3.63, 3.8) is 0 Å². The maximum Gasteiger partial charge on any atom is 0.256 e. The highest BCUT2D eigenvalue weighted by Gasteiger charge is 2.29. The molecule has 186 valence electrons. The summed E-state index contributed by atoms with van der Waals surface area (Å²) >= 11 is 6.63. The summed E-state index contributed by atoms with van der Waals surface area (Å²) in [6.45, 7) is 0.676. The van der Waals surface area contributed by atoms with Crippen LogP contribution in [-0.2, 0) is 6.54 Å². The zero-order valence-electron chi connectivity index (χ0n) is 20.3. The van der Waals surface area contributed by atoms with Gasteiger partial charge in [0.2, 0.25) is 0 Å². The van der Waals surface area contributed by atoms with Gasteiger partial charge >= 0.3 is 0 Å². The lowest BCUT2D eigenvalue weighted by Gasteiger charge is -2.19. The first-order chi connectivity index (χ1) is 18.6. The van der Waals surface area contributed by atoms with E-state index in [0.29, 0.717) is 23.4 Å². The normalized spacial score (nSPS) is 14.0. The van der Waals surface area contributed by atoms with Gasteiger partial charge < -0.3 is 15.2 Å². The highest BCUT2D eigenvalue weighted by molar-refractivity contribution is 6.34. The van der Waals surface area contributed by atoms with E-state index in [4.69, 9.17) is 11.6 Å². The van der Waals surface area contributed by atoms with Crippen molar-refractivity contribution in [1.82, 2.24) is 9.55 Å². The van der Waals surface area contributed by atoms with Gasteiger partial charge in [-0.15, -0.1) is 0 Å². The standard InChI is InChI=1S/C31H23ClN4O2/c32-26-18-22(34-31(38)24-8-3-2-7-23(24)20-13-15-33-16-14-20)11-12-25(26)30(37)29-28-10-5-17-36(28)19-21-6-1-4-9-27(21)35-29/h1-18,29,35H,19H2,(H,34,38). The number of hydrogen-bond acceptors (Lipinski definition) is 4. The van der Waals surface area contributed by atoms with Crippen LogP contribution in [0.15, 0.2) is 110 Å². The summed E-state index contributed by atoms with van der Waals surface area (Å²) in [5.41, 5.74) is 6.00. The van der Waals surface area contributed by atoms with Crippen molar-refractivity contribution < 1.29 is 9.59 Å². The SMILES string of the molecule is O=C(Nc1ccc(C(=O)C2Nc3ccccc3Cn3cccc32)c(Cl)c1)c1ccccc1-c1ccncc1. The molecule has 0 saturated carbocycles. The minimum atomic E-state index is -0.598. The van der Waals surface area contributed by atoms with E-state index in [9.17, 15) is 9.59 Å². The lowest BCUT2D eigenvalue weighted by atomic mass is 9.99. The van der Waals surface area contributed by atoms with E-state index in [-0.39, 0.29) is 16.7 Å². The Hall–Kier alpha value is -4.68. The Morgan fingerprint density at radius 3 is 2.53 bits per heavy atom. The predicted molar refractivity (Wildman–Crippen MR) is 150 cm³/mol. The molecular formula is C31H23ClN4O2. The second-order valence-electron chi connectivity index (χ2n) is 9.09. The van der Waals surface area contributed by atoms with Crippen LogP contribution in [0, 0.1) is 0 Å². The number of hydrogen-bond donors (Lipinski definition) is 2. The van der Waals surface area contributed by atoms with E-state index >= 15 is 0 Å². The molecule has 6 rings (SSSR count). The second kappa shape index (κ2) is 10.00. The molecule has 0 bridgehead atoms. The molecule has 1 amide bonds. The first-order valence-corrected chi connectivity index (χ1v) is 12.6. The number of rotatable bonds is 5. The van der Waals surface area contributed by atoms with E-state index in [2.05, 4.69) is 26.3 Å². The molecule has 0 spiro atoms. The zero-order valence-corrected chi connectivity index (χ0v) is 21.0. The molecule has 3 aromatic carbocycles. The van der Waals surface area contributed by atoms with Crippen LogP contribution in [0.4, 0.5) is 11.4 Å². The maximum atomic E-state index is 13.7. The lowest BCUT2D eigenvalue weighted by molar-refractivity contribution is 0.0966. The number of pyridine rings is 1. The number of carbonyl (C=O) groups is 2. The number of para-hydroxylation sites is 1. The molecule has 7 heteroatoms. The molecule has 6 nitrogen and oxygen atoms in total. The van der Waals surface area contributed by atoms with Crippen molar-refractivity contribution >= 4 is 34.7 Å². The Morgan fingerprint density at radius 1 is 0.895 bits per heavy atom. The summed E-state index contributed by atoms with van der Waals surface area (Å²) in [5, 5.41) is 6.60. The van der Waals surface area contributed by atoms with Crippen molar-refractivity contribution in [3.8, 4) is 11.1 Å². The highest BCUT2D eigenvalue weighted by atomic mass is 35.5. The van der Waals surface area contributed by atoms with Crippen LogP contribution in [0.25, 0.3) is 11.1 Å². The summed E-state index contributed by atoms with van der Waals surface area (Å²) in [6.07, 6.45) is 5.36. The van der Waals surface area contributed by atoms with E-state index in [1.165, 1.54) is 0 Å². The third kappa shape index (κ3) is 4.46. The van der Waals surface area contributed by atoms with Gasteiger partial charge in [-0.05, 0) is 71.3 Å². The number of anilines is 2. The molecule has 0 aliphatic carbocycles. The topological polar surface area (TPSA) is 76.0 Å². The van der Waals surface area contributed by atoms with Gasteiger partial charge in [0.1, 0.15) is 6.04 Å². The Labute approximate surface area is 224 Å². The van der Waals surface area contributed by atoms with E-state index in [1.807, 2.05) is 66.9 Å². The van der Waals surface area contributed by atoms with Crippen molar-refractivity contribution in [3.05, 3.63) is 137 Å². The average molecular weight is 519 g/mol. The Kier molecular flexibility index (Phi) is 6.23. The number of Topliss-reactive ketones (excluding diaryl/α,β-unsaturated/α-hetero) is 1. The van der Waals surface area contributed by atoms with Crippen LogP contribution >= 0.6 is 11.6 Å². The molecule has 2 N–H and O–H groups in total. The predicted octanol–water partition coefficient (Wildman–Crippen LogP) is 6.85. The quantitative estimate of drug-likeness (QED) is 0.249. The fraction of sp³-hybridized carbons (Fsp3) is 0.0645. The monoisotopic (exact) mass is 518 g/mol. The van der Waals surface area contributed by atoms with Crippen LogP contribution in [0.3, 0.4) is 0 Å². The Morgan fingerprint density at radius 2 is 1.68 bits per heavy atom. The van der Waals surface area contributed by atoms with E-state index < -0.39 is 6.04 Å². The van der Waals surface area contributed by atoms with Gasteiger partial charge in [0, 0.05) is 53.3 Å². The first-order valence-electron chi connectivity index (χ1n) is 12.2. The van der Waals surface area contributed by atoms with Crippen molar-refractivity contribution in [2.24, 2.45) is 0 Å². The fourth-order valence-electron chi connectivity index (χ4n) is 4.86.